The SMILES string of the molecule is C=C(C)C(=O)OCCN(C)c1ccc(N=Nc2nccnn2)cn1. The van der Waals surface area contributed by atoms with Gasteiger partial charge in [0.1, 0.15) is 18.1 Å². The second-order valence-corrected chi connectivity index (χ2v) is 4.86. The summed E-state index contributed by atoms with van der Waals surface area (Å²) in [4.78, 5) is 21.3. The molecule has 0 saturated carbocycles. The highest BCUT2D eigenvalue weighted by Crippen LogP contribution is 2.17. The van der Waals surface area contributed by atoms with Gasteiger partial charge in [-0.3, -0.25) is 0 Å². The molecule has 24 heavy (non-hydrogen) atoms. The van der Waals surface area contributed by atoms with Gasteiger partial charge in [-0.25, -0.2) is 14.8 Å². The molecule has 0 radical (unpaired) electrons. The molecule has 2 aromatic heterocycles. The van der Waals surface area contributed by atoms with Crippen molar-refractivity contribution in [1.82, 2.24) is 20.2 Å². The van der Waals surface area contributed by atoms with Crippen LogP contribution in [0.25, 0.3) is 0 Å². The summed E-state index contributed by atoms with van der Waals surface area (Å²) >= 11 is 0. The van der Waals surface area contributed by atoms with Gasteiger partial charge in [0.15, 0.2) is 0 Å². The summed E-state index contributed by atoms with van der Waals surface area (Å²) in [5.74, 6) is 0.501. The van der Waals surface area contributed by atoms with Crippen LogP contribution >= 0.6 is 0 Å². The third-order valence-electron chi connectivity index (χ3n) is 2.86. The van der Waals surface area contributed by atoms with Gasteiger partial charge in [-0.05, 0) is 19.1 Å². The largest absolute Gasteiger partial charge is 0.460 e. The third kappa shape index (κ3) is 5.20. The van der Waals surface area contributed by atoms with Crippen molar-refractivity contribution in [3.63, 3.8) is 0 Å². The van der Waals surface area contributed by atoms with E-state index in [0.29, 0.717) is 17.8 Å². The van der Waals surface area contributed by atoms with Crippen LogP contribution in [0.15, 0.2) is 53.1 Å². The lowest BCUT2D eigenvalue weighted by molar-refractivity contribution is -0.138. The third-order valence-corrected chi connectivity index (χ3v) is 2.86. The van der Waals surface area contributed by atoms with Gasteiger partial charge >= 0.3 is 5.97 Å². The molecule has 0 amide bonds. The van der Waals surface area contributed by atoms with Crippen LogP contribution in [0.5, 0.6) is 0 Å². The van der Waals surface area contributed by atoms with Crippen LogP contribution in [-0.2, 0) is 9.53 Å². The van der Waals surface area contributed by atoms with Gasteiger partial charge in [-0.1, -0.05) is 6.58 Å². The van der Waals surface area contributed by atoms with E-state index in [-0.39, 0.29) is 12.6 Å². The number of carbonyl (C=O) groups is 1. The van der Waals surface area contributed by atoms with Gasteiger partial charge in [0.2, 0.25) is 0 Å². The Kier molecular flexibility index (Phi) is 6.01. The van der Waals surface area contributed by atoms with Crippen molar-refractivity contribution in [3.8, 4) is 0 Å². The minimum Gasteiger partial charge on any atom is -0.460 e. The molecule has 0 fully saturated rings. The van der Waals surface area contributed by atoms with E-state index >= 15 is 0 Å². The van der Waals surface area contributed by atoms with Gasteiger partial charge < -0.3 is 9.64 Å². The molecule has 2 aromatic rings. The van der Waals surface area contributed by atoms with Crippen LogP contribution in [-0.4, -0.2) is 46.3 Å². The number of hydrogen-bond acceptors (Lipinski definition) is 9. The molecule has 0 saturated heterocycles. The van der Waals surface area contributed by atoms with Crippen LogP contribution in [0.2, 0.25) is 0 Å². The lowest BCUT2D eigenvalue weighted by Crippen LogP contribution is -2.24. The molecule has 2 rings (SSSR count). The summed E-state index contributed by atoms with van der Waals surface area (Å²) in [6.07, 6.45) is 4.52. The fourth-order valence-electron chi connectivity index (χ4n) is 1.57. The van der Waals surface area contributed by atoms with E-state index in [1.54, 1.807) is 25.3 Å². The van der Waals surface area contributed by atoms with Crippen molar-refractivity contribution in [2.45, 2.75) is 6.92 Å². The number of anilines is 1. The van der Waals surface area contributed by atoms with Gasteiger partial charge in [-0.2, -0.15) is 5.10 Å². The quantitative estimate of drug-likeness (QED) is 0.436. The van der Waals surface area contributed by atoms with E-state index in [9.17, 15) is 4.79 Å². The fourth-order valence-corrected chi connectivity index (χ4v) is 1.57. The van der Waals surface area contributed by atoms with Crippen molar-refractivity contribution in [2.24, 2.45) is 10.2 Å². The average molecular weight is 327 g/mol. The first kappa shape index (κ1) is 17.1. The normalized spacial score (nSPS) is 10.6. The Labute approximate surface area is 139 Å². The zero-order chi connectivity index (χ0) is 17.4. The monoisotopic (exact) mass is 327 g/mol. The Morgan fingerprint density at radius 1 is 1.29 bits per heavy atom. The standard InChI is InChI=1S/C15H17N7O2/c1-11(2)14(23)24-9-8-22(3)13-5-4-12(10-17-13)19-21-15-16-6-7-18-20-15/h4-7,10H,1,8-9H2,2-3H3. The molecule has 9 heteroatoms. The lowest BCUT2D eigenvalue weighted by Gasteiger charge is -2.17. The van der Waals surface area contributed by atoms with Crippen molar-refractivity contribution < 1.29 is 9.53 Å². The van der Waals surface area contributed by atoms with Gasteiger partial charge in [0.25, 0.3) is 5.95 Å². The van der Waals surface area contributed by atoms with E-state index in [0.717, 1.165) is 5.82 Å². The van der Waals surface area contributed by atoms with Crippen LogP contribution < -0.4 is 4.90 Å². The molecule has 0 N–H and O–H groups in total. The minimum absolute atomic E-state index is 0.179. The first-order valence-electron chi connectivity index (χ1n) is 7.11. The number of pyridine rings is 1. The highest BCUT2D eigenvalue weighted by molar-refractivity contribution is 5.86. The second kappa shape index (κ2) is 8.42. The van der Waals surface area contributed by atoms with E-state index in [2.05, 4.69) is 37.0 Å². The maximum absolute atomic E-state index is 11.3. The van der Waals surface area contributed by atoms with Crippen molar-refractivity contribution in [2.75, 3.05) is 25.1 Å². The Morgan fingerprint density at radius 2 is 2.12 bits per heavy atom. The first-order valence-corrected chi connectivity index (χ1v) is 7.11. The molecule has 0 aliphatic rings. The summed E-state index contributed by atoms with van der Waals surface area (Å²) in [6.45, 7) is 5.90. The maximum Gasteiger partial charge on any atom is 0.333 e. The van der Waals surface area contributed by atoms with E-state index in [1.165, 1.54) is 12.4 Å². The summed E-state index contributed by atoms with van der Waals surface area (Å²) in [7, 11) is 1.85. The van der Waals surface area contributed by atoms with Gasteiger partial charge in [0, 0.05) is 12.6 Å². The number of ether oxygens (including phenoxy) is 1. The molecule has 9 nitrogen and oxygen atoms in total. The predicted octanol–water partition coefficient (Wildman–Crippen LogP) is 2.24. The van der Waals surface area contributed by atoms with E-state index in [4.69, 9.17) is 4.74 Å². The molecule has 0 aliphatic carbocycles. The average Bonchev–Trinajstić information content (AvgIpc) is 2.61. The molecule has 0 atom stereocenters. The number of azo groups is 1. The molecule has 0 aliphatic heterocycles. The molecule has 0 spiro atoms. The van der Waals surface area contributed by atoms with E-state index in [1.807, 2.05) is 11.9 Å². The molecule has 0 unspecified atom stereocenters. The highest BCUT2D eigenvalue weighted by atomic mass is 16.5. The Balaban J connectivity index is 1.88. The number of carbonyl (C=O) groups excluding carboxylic acids is 1. The number of likely N-dealkylation sites (N-methyl/N-ethyl adjacent to an activating group) is 1. The Bertz CT molecular complexity index is 716. The molecule has 124 valence electrons. The summed E-state index contributed by atoms with van der Waals surface area (Å²) in [5, 5.41) is 15.2. The molecular formula is C15H17N7O2. The summed E-state index contributed by atoms with van der Waals surface area (Å²) in [6, 6.07) is 3.55. The zero-order valence-corrected chi connectivity index (χ0v) is 13.5. The zero-order valence-electron chi connectivity index (χ0n) is 13.5. The predicted molar refractivity (Wildman–Crippen MR) is 87.3 cm³/mol. The van der Waals surface area contributed by atoms with Crippen LogP contribution in [0.3, 0.4) is 0 Å². The minimum atomic E-state index is -0.398. The Hall–Kier alpha value is -3.23. The maximum atomic E-state index is 11.3. The first-order chi connectivity index (χ1) is 11.6. The molecule has 0 bridgehead atoms. The Morgan fingerprint density at radius 3 is 2.75 bits per heavy atom. The lowest BCUT2D eigenvalue weighted by atomic mass is 10.4. The smallest absolute Gasteiger partial charge is 0.333 e. The molecule has 2 heterocycles. The molecule has 0 aromatic carbocycles. The van der Waals surface area contributed by atoms with Crippen LogP contribution in [0, 0.1) is 0 Å². The highest BCUT2D eigenvalue weighted by Gasteiger charge is 2.06. The number of nitrogens with zero attached hydrogens (tertiary/aromatic N) is 7. The number of rotatable bonds is 7. The fraction of sp³-hybridized carbons (Fsp3) is 0.267. The van der Waals surface area contributed by atoms with Crippen molar-refractivity contribution in [1.29, 1.82) is 0 Å². The van der Waals surface area contributed by atoms with Crippen LogP contribution in [0.4, 0.5) is 17.5 Å². The van der Waals surface area contributed by atoms with Gasteiger partial charge in [-0.15, -0.1) is 15.3 Å². The van der Waals surface area contributed by atoms with Gasteiger partial charge in [0.05, 0.1) is 25.1 Å². The number of aromatic nitrogens is 4. The van der Waals surface area contributed by atoms with Crippen molar-refractivity contribution >= 4 is 23.4 Å². The molecular weight excluding hydrogens is 310 g/mol. The number of hydrogen-bond donors (Lipinski definition) is 0. The van der Waals surface area contributed by atoms with Crippen LogP contribution in [0.1, 0.15) is 6.92 Å². The van der Waals surface area contributed by atoms with E-state index < -0.39 is 5.97 Å². The summed E-state index contributed by atoms with van der Waals surface area (Å²) in [5.41, 5.74) is 0.941. The second-order valence-electron chi connectivity index (χ2n) is 4.86. The van der Waals surface area contributed by atoms with Crippen molar-refractivity contribution in [3.05, 3.63) is 42.9 Å². The number of esters is 1. The topological polar surface area (TPSA) is 106 Å². The summed E-state index contributed by atoms with van der Waals surface area (Å²) < 4.78 is 5.05.